The fraction of sp³-hybridized carbons (Fsp3) is 0.745. The van der Waals surface area contributed by atoms with E-state index in [1.54, 1.807) is 0 Å². The summed E-state index contributed by atoms with van der Waals surface area (Å²) in [6.45, 7) is 7.65. The van der Waals surface area contributed by atoms with Gasteiger partial charge in [-0.15, -0.1) is 0 Å². The molecule has 0 amide bonds. The molecule has 5 nitrogen and oxygen atoms in total. The summed E-state index contributed by atoms with van der Waals surface area (Å²) in [7, 11) is 0. The van der Waals surface area contributed by atoms with Crippen LogP contribution in [0.25, 0.3) is 0 Å². The summed E-state index contributed by atoms with van der Waals surface area (Å²) in [6.07, 6.45) is 64.8. The average Bonchev–Trinajstić information content (AvgIpc) is 3.25. The molecule has 0 aromatic carbocycles. The van der Waals surface area contributed by atoms with Crippen molar-refractivity contribution in [2.45, 2.75) is 245 Å². The van der Waals surface area contributed by atoms with Gasteiger partial charge in [0.1, 0.15) is 6.61 Å². The molecule has 1 atom stereocenters. The van der Waals surface area contributed by atoms with Crippen LogP contribution in [-0.4, -0.2) is 37.9 Å². The Hall–Kier alpha value is -2.66. The number of rotatable bonds is 46. The minimum atomic E-state index is -0.549. The first kappa shape index (κ1) is 57.3. The molecule has 60 heavy (non-hydrogen) atoms. The molecule has 0 aliphatic rings. The third kappa shape index (κ3) is 48.0. The number of allylic oxidation sites excluding steroid dienone is 12. The van der Waals surface area contributed by atoms with Crippen LogP contribution in [0.3, 0.4) is 0 Å². The van der Waals surface area contributed by atoms with Crippen molar-refractivity contribution in [3.63, 3.8) is 0 Å². The Labute approximate surface area is 372 Å². The van der Waals surface area contributed by atoms with Crippen LogP contribution in [0, 0.1) is 0 Å². The van der Waals surface area contributed by atoms with Gasteiger partial charge in [-0.25, -0.2) is 0 Å². The molecular weight excluding hydrogens is 741 g/mol. The maximum absolute atomic E-state index is 12.8. The first-order valence-electron chi connectivity index (χ1n) is 25.5. The second-order valence-electron chi connectivity index (χ2n) is 16.7. The van der Waals surface area contributed by atoms with Gasteiger partial charge in [0.25, 0.3) is 0 Å². The zero-order chi connectivity index (χ0) is 43.5. The minimum absolute atomic E-state index is 0.0723. The number of esters is 2. The summed E-state index contributed by atoms with van der Waals surface area (Å²) >= 11 is 0. The van der Waals surface area contributed by atoms with E-state index in [9.17, 15) is 9.59 Å². The van der Waals surface area contributed by atoms with Crippen LogP contribution in [0.15, 0.2) is 72.9 Å². The van der Waals surface area contributed by atoms with Crippen molar-refractivity contribution in [2.24, 2.45) is 0 Å². The van der Waals surface area contributed by atoms with Crippen LogP contribution >= 0.6 is 0 Å². The van der Waals surface area contributed by atoms with Crippen molar-refractivity contribution < 1.29 is 23.8 Å². The fourth-order valence-corrected chi connectivity index (χ4v) is 6.94. The standard InChI is InChI=1S/C55H96O5/c1-4-7-10-13-16-19-21-23-25-27-28-30-31-33-35-37-39-42-45-48-54(56)59-52-53(51-58-50-47-44-41-18-15-12-9-6-3)60-55(57)49-46-43-40-38-36-34-32-29-26-24-22-20-17-14-11-8-5-2/h8,11,16-17,19-20,23-26,32,34,53H,4-7,9-10,12-15,18,21-22,27-31,33,35-52H2,1-3H3/b11-8-,19-16-,20-17-,25-23-,26-24-,34-32-. The number of unbranched alkanes of at least 4 members (excludes halogenated alkanes) is 23. The molecule has 0 N–H and O–H groups in total. The van der Waals surface area contributed by atoms with Gasteiger partial charge in [0.15, 0.2) is 6.10 Å². The molecule has 0 fully saturated rings. The Morgan fingerprint density at radius 1 is 0.383 bits per heavy atom. The molecule has 5 heteroatoms. The SMILES string of the molecule is CC/C=C\C/C=C\C/C=C\C/C=C\CCCCCCC(=O)OC(COCCCCCCCCCC)COC(=O)CCCCCCCCCCC/C=C\C/C=C\CCCCC. The van der Waals surface area contributed by atoms with Gasteiger partial charge >= 0.3 is 11.9 Å². The van der Waals surface area contributed by atoms with Crippen LogP contribution in [0.1, 0.15) is 239 Å². The van der Waals surface area contributed by atoms with Crippen LogP contribution in [-0.2, 0) is 23.8 Å². The fourth-order valence-electron chi connectivity index (χ4n) is 6.94. The first-order valence-corrected chi connectivity index (χ1v) is 25.5. The van der Waals surface area contributed by atoms with E-state index in [4.69, 9.17) is 14.2 Å². The summed E-state index contributed by atoms with van der Waals surface area (Å²) in [4.78, 5) is 25.3. The summed E-state index contributed by atoms with van der Waals surface area (Å²) in [5.74, 6) is -0.427. The van der Waals surface area contributed by atoms with Gasteiger partial charge in [0, 0.05) is 19.4 Å². The molecule has 0 heterocycles. The Morgan fingerprint density at radius 3 is 1.23 bits per heavy atom. The molecule has 0 saturated carbocycles. The maximum atomic E-state index is 12.8. The minimum Gasteiger partial charge on any atom is -0.462 e. The molecule has 346 valence electrons. The van der Waals surface area contributed by atoms with Crippen molar-refractivity contribution in [2.75, 3.05) is 19.8 Å². The Morgan fingerprint density at radius 2 is 0.750 bits per heavy atom. The van der Waals surface area contributed by atoms with Crippen molar-refractivity contribution >= 4 is 11.9 Å². The summed E-state index contributed by atoms with van der Waals surface area (Å²) in [5, 5.41) is 0. The lowest BCUT2D eigenvalue weighted by Gasteiger charge is -2.18. The van der Waals surface area contributed by atoms with Gasteiger partial charge in [-0.2, -0.15) is 0 Å². The molecule has 0 spiro atoms. The number of carbonyl (C=O) groups is 2. The summed E-state index contributed by atoms with van der Waals surface area (Å²) < 4.78 is 17.3. The highest BCUT2D eigenvalue weighted by molar-refractivity contribution is 5.70. The lowest BCUT2D eigenvalue weighted by Crippen LogP contribution is -2.30. The summed E-state index contributed by atoms with van der Waals surface area (Å²) in [5.41, 5.74) is 0. The van der Waals surface area contributed by atoms with Crippen molar-refractivity contribution in [3.05, 3.63) is 72.9 Å². The Bertz CT molecular complexity index is 1080. The molecule has 0 aromatic rings. The lowest BCUT2D eigenvalue weighted by atomic mass is 10.1. The van der Waals surface area contributed by atoms with E-state index in [1.807, 2.05) is 0 Å². The average molecular weight is 837 g/mol. The van der Waals surface area contributed by atoms with Gasteiger partial charge in [0.2, 0.25) is 0 Å². The topological polar surface area (TPSA) is 61.8 Å². The van der Waals surface area contributed by atoms with E-state index in [-0.39, 0.29) is 25.2 Å². The third-order valence-corrected chi connectivity index (χ3v) is 10.7. The molecule has 0 bridgehead atoms. The maximum Gasteiger partial charge on any atom is 0.306 e. The highest BCUT2D eigenvalue weighted by Gasteiger charge is 2.17. The molecule has 0 aromatic heterocycles. The summed E-state index contributed by atoms with van der Waals surface area (Å²) in [6, 6.07) is 0. The number of hydrogen-bond donors (Lipinski definition) is 0. The second-order valence-corrected chi connectivity index (χ2v) is 16.7. The largest absolute Gasteiger partial charge is 0.462 e. The molecule has 0 radical (unpaired) electrons. The van der Waals surface area contributed by atoms with Crippen LogP contribution in [0.4, 0.5) is 0 Å². The van der Waals surface area contributed by atoms with E-state index in [0.29, 0.717) is 19.4 Å². The second kappa shape index (κ2) is 50.7. The van der Waals surface area contributed by atoms with E-state index >= 15 is 0 Å². The quantitative estimate of drug-likeness (QED) is 0.0347. The van der Waals surface area contributed by atoms with Gasteiger partial charge in [-0.3, -0.25) is 9.59 Å². The Kier molecular flexibility index (Phi) is 48.4. The van der Waals surface area contributed by atoms with Crippen molar-refractivity contribution in [1.82, 2.24) is 0 Å². The van der Waals surface area contributed by atoms with Crippen LogP contribution < -0.4 is 0 Å². The van der Waals surface area contributed by atoms with Gasteiger partial charge in [-0.1, -0.05) is 209 Å². The Balaban J connectivity index is 4.20. The zero-order valence-corrected chi connectivity index (χ0v) is 39.7. The smallest absolute Gasteiger partial charge is 0.306 e. The monoisotopic (exact) mass is 837 g/mol. The molecule has 0 aliphatic heterocycles. The van der Waals surface area contributed by atoms with Crippen LogP contribution in [0.2, 0.25) is 0 Å². The first-order chi connectivity index (χ1) is 29.6. The highest BCUT2D eigenvalue weighted by Crippen LogP contribution is 2.14. The van der Waals surface area contributed by atoms with Crippen molar-refractivity contribution in [1.29, 1.82) is 0 Å². The van der Waals surface area contributed by atoms with E-state index in [0.717, 1.165) is 89.9 Å². The van der Waals surface area contributed by atoms with Gasteiger partial charge < -0.3 is 14.2 Å². The highest BCUT2D eigenvalue weighted by atomic mass is 16.6. The number of hydrogen-bond acceptors (Lipinski definition) is 5. The van der Waals surface area contributed by atoms with Gasteiger partial charge in [0.05, 0.1) is 6.61 Å². The normalized spacial score (nSPS) is 12.8. The van der Waals surface area contributed by atoms with Crippen molar-refractivity contribution in [3.8, 4) is 0 Å². The number of ether oxygens (including phenoxy) is 3. The van der Waals surface area contributed by atoms with E-state index in [2.05, 4.69) is 93.7 Å². The van der Waals surface area contributed by atoms with Gasteiger partial charge in [-0.05, 0) is 89.9 Å². The molecule has 1 unspecified atom stereocenters. The predicted octanol–water partition coefficient (Wildman–Crippen LogP) is 17.1. The third-order valence-electron chi connectivity index (χ3n) is 10.7. The lowest BCUT2D eigenvalue weighted by molar-refractivity contribution is -0.163. The molecule has 0 rings (SSSR count). The van der Waals surface area contributed by atoms with Crippen LogP contribution in [0.5, 0.6) is 0 Å². The zero-order valence-electron chi connectivity index (χ0n) is 39.7. The van der Waals surface area contributed by atoms with E-state index < -0.39 is 6.10 Å². The molecule has 0 saturated heterocycles. The molecular formula is C55H96O5. The predicted molar refractivity (Wildman–Crippen MR) is 260 cm³/mol. The number of carbonyl (C=O) groups excluding carboxylic acids is 2. The van der Waals surface area contributed by atoms with E-state index in [1.165, 1.54) is 116 Å². The molecule has 0 aliphatic carbocycles.